The highest BCUT2D eigenvalue weighted by Crippen LogP contribution is 2.43. The Kier molecular flexibility index (Phi) is 4.25. The minimum Gasteiger partial charge on any atom is -0.486 e. The van der Waals surface area contributed by atoms with Gasteiger partial charge in [-0.15, -0.1) is 0 Å². The molecule has 7 rings (SSSR count). The summed E-state index contributed by atoms with van der Waals surface area (Å²) in [5.41, 5.74) is 1.80. The Morgan fingerprint density at radius 3 is 2.43 bits per heavy atom. The van der Waals surface area contributed by atoms with Crippen molar-refractivity contribution in [1.82, 2.24) is 15.1 Å². The molecule has 4 fully saturated rings. The molecule has 0 aliphatic carbocycles. The molecular formula is C24H27N3O3. The number of hydrogen-bond acceptors (Lipinski definition) is 5. The van der Waals surface area contributed by atoms with Crippen LogP contribution in [0.5, 0.6) is 11.5 Å². The second kappa shape index (κ2) is 7.00. The van der Waals surface area contributed by atoms with Crippen LogP contribution in [-0.2, 0) is 5.41 Å². The zero-order chi connectivity index (χ0) is 20.1. The van der Waals surface area contributed by atoms with Crippen molar-refractivity contribution in [3.05, 3.63) is 59.7 Å². The van der Waals surface area contributed by atoms with Gasteiger partial charge < -0.3 is 24.6 Å². The third-order valence-corrected chi connectivity index (χ3v) is 7.24. The van der Waals surface area contributed by atoms with Crippen LogP contribution in [0.3, 0.4) is 0 Å². The Hall–Kier alpha value is -2.57. The minimum atomic E-state index is -0.0964. The highest BCUT2D eigenvalue weighted by atomic mass is 16.6. The number of para-hydroxylation sites is 1. The van der Waals surface area contributed by atoms with Crippen molar-refractivity contribution in [3.8, 4) is 11.5 Å². The maximum absolute atomic E-state index is 13.5. The zero-order valence-electron chi connectivity index (χ0n) is 17.0. The van der Waals surface area contributed by atoms with Crippen molar-refractivity contribution in [2.75, 3.05) is 52.5 Å². The average Bonchev–Trinajstić information content (AvgIpc) is 3.04. The van der Waals surface area contributed by atoms with Crippen LogP contribution >= 0.6 is 0 Å². The number of nitrogens with one attached hydrogen (secondary N) is 1. The summed E-state index contributed by atoms with van der Waals surface area (Å²) in [4.78, 5) is 18.7. The first-order chi connectivity index (χ1) is 14.7. The van der Waals surface area contributed by atoms with Crippen molar-refractivity contribution < 1.29 is 14.3 Å². The normalized spacial score (nSPS) is 33.7. The van der Waals surface area contributed by atoms with E-state index in [2.05, 4.69) is 45.4 Å². The summed E-state index contributed by atoms with van der Waals surface area (Å²) in [7, 11) is 0. The third kappa shape index (κ3) is 2.81. The first-order valence-corrected chi connectivity index (χ1v) is 10.9. The van der Waals surface area contributed by atoms with Crippen molar-refractivity contribution in [2.24, 2.45) is 5.92 Å². The first kappa shape index (κ1) is 18.2. The van der Waals surface area contributed by atoms with Crippen molar-refractivity contribution >= 4 is 5.91 Å². The van der Waals surface area contributed by atoms with Gasteiger partial charge in [0, 0.05) is 56.6 Å². The van der Waals surface area contributed by atoms with E-state index in [-0.39, 0.29) is 17.4 Å². The molecule has 1 amide bonds. The molecule has 3 unspecified atom stereocenters. The second-order valence-corrected chi connectivity index (χ2v) is 9.03. The summed E-state index contributed by atoms with van der Waals surface area (Å²) >= 11 is 0. The highest BCUT2D eigenvalue weighted by Gasteiger charge is 2.55. The van der Waals surface area contributed by atoms with Gasteiger partial charge in [-0.05, 0) is 17.7 Å². The number of rotatable bonds is 3. The molecule has 2 aromatic carbocycles. The van der Waals surface area contributed by atoms with E-state index in [1.165, 1.54) is 5.56 Å². The average molecular weight is 405 g/mol. The molecule has 0 radical (unpaired) electrons. The van der Waals surface area contributed by atoms with E-state index in [0.717, 1.165) is 39.3 Å². The summed E-state index contributed by atoms with van der Waals surface area (Å²) in [5, 5.41) is 3.47. The minimum absolute atomic E-state index is 0.0613. The van der Waals surface area contributed by atoms with E-state index < -0.39 is 0 Å². The van der Waals surface area contributed by atoms with Crippen LogP contribution in [0.25, 0.3) is 0 Å². The summed E-state index contributed by atoms with van der Waals surface area (Å²) in [6.07, 6.45) is 0. The maximum atomic E-state index is 13.5. The van der Waals surface area contributed by atoms with Gasteiger partial charge in [0.15, 0.2) is 11.5 Å². The third-order valence-electron chi connectivity index (χ3n) is 7.24. The number of ether oxygens (including phenoxy) is 2. The molecule has 3 atom stereocenters. The first-order valence-electron chi connectivity index (χ1n) is 10.9. The molecule has 5 aliphatic rings. The number of nitrogens with zero attached hydrogens (tertiary/aromatic N) is 2. The maximum Gasteiger partial charge on any atom is 0.255 e. The smallest absolute Gasteiger partial charge is 0.255 e. The predicted molar refractivity (Wildman–Crippen MR) is 113 cm³/mol. The van der Waals surface area contributed by atoms with E-state index in [9.17, 15) is 4.79 Å². The number of carbonyl (C=O) groups excluding carboxylic acids is 1. The number of amides is 1. The lowest BCUT2D eigenvalue weighted by atomic mass is 9.64. The number of carbonyl (C=O) groups is 1. The fourth-order valence-electron chi connectivity index (χ4n) is 6.04. The molecule has 30 heavy (non-hydrogen) atoms. The Morgan fingerprint density at radius 1 is 0.933 bits per heavy atom. The molecule has 6 heteroatoms. The number of fused-ring (bicyclic) bond motifs is 2. The Morgan fingerprint density at radius 2 is 1.67 bits per heavy atom. The van der Waals surface area contributed by atoms with E-state index in [1.54, 1.807) is 0 Å². The monoisotopic (exact) mass is 405 g/mol. The van der Waals surface area contributed by atoms with E-state index in [4.69, 9.17) is 9.47 Å². The SMILES string of the molecule is O=C(NC1C2CN3CCN(C2)CC1(c1ccccc1)C3)c1cccc2c1OCCO2. The van der Waals surface area contributed by atoms with Crippen molar-refractivity contribution in [2.45, 2.75) is 11.5 Å². The molecule has 2 aromatic rings. The Bertz CT molecular complexity index is 947. The number of benzene rings is 2. The summed E-state index contributed by atoms with van der Waals surface area (Å²) in [6, 6.07) is 16.4. The van der Waals surface area contributed by atoms with E-state index in [0.29, 0.717) is 36.2 Å². The van der Waals surface area contributed by atoms with Crippen LogP contribution in [0.15, 0.2) is 48.5 Å². The predicted octanol–water partition coefficient (Wildman–Crippen LogP) is 1.76. The lowest BCUT2D eigenvalue weighted by Crippen LogP contribution is -2.70. The lowest BCUT2D eigenvalue weighted by Gasteiger charge is -2.55. The van der Waals surface area contributed by atoms with Gasteiger partial charge in [-0.1, -0.05) is 36.4 Å². The second-order valence-electron chi connectivity index (χ2n) is 9.03. The van der Waals surface area contributed by atoms with Gasteiger partial charge in [-0.2, -0.15) is 0 Å². The molecule has 5 aliphatic heterocycles. The summed E-state index contributed by atoms with van der Waals surface area (Å²) in [5.74, 6) is 1.58. The Labute approximate surface area is 176 Å². The lowest BCUT2D eigenvalue weighted by molar-refractivity contribution is 0.0179. The Balaban J connectivity index is 1.38. The highest BCUT2D eigenvalue weighted by molar-refractivity contribution is 5.98. The van der Waals surface area contributed by atoms with Crippen LogP contribution in [-0.4, -0.2) is 74.2 Å². The van der Waals surface area contributed by atoms with E-state index in [1.807, 2.05) is 18.2 Å². The fraction of sp³-hybridized carbons (Fsp3) is 0.458. The van der Waals surface area contributed by atoms with Crippen LogP contribution in [0.1, 0.15) is 15.9 Å². The van der Waals surface area contributed by atoms with Crippen LogP contribution in [0.2, 0.25) is 0 Å². The molecule has 4 saturated heterocycles. The van der Waals surface area contributed by atoms with Crippen LogP contribution in [0.4, 0.5) is 0 Å². The number of hydrogen-bond donors (Lipinski definition) is 1. The molecule has 1 N–H and O–H groups in total. The van der Waals surface area contributed by atoms with Crippen molar-refractivity contribution in [3.63, 3.8) is 0 Å². The molecule has 5 heterocycles. The molecule has 0 saturated carbocycles. The van der Waals surface area contributed by atoms with Crippen LogP contribution in [0, 0.1) is 5.92 Å². The number of piperidine rings is 2. The van der Waals surface area contributed by atoms with Gasteiger partial charge in [0.1, 0.15) is 13.2 Å². The molecule has 0 spiro atoms. The van der Waals surface area contributed by atoms with Gasteiger partial charge in [-0.25, -0.2) is 0 Å². The van der Waals surface area contributed by atoms with Gasteiger partial charge in [0.2, 0.25) is 0 Å². The van der Waals surface area contributed by atoms with Crippen molar-refractivity contribution in [1.29, 1.82) is 0 Å². The molecular weight excluding hydrogens is 378 g/mol. The van der Waals surface area contributed by atoms with Crippen LogP contribution < -0.4 is 14.8 Å². The summed E-state index contributed by atoms with van der Waals surface area (Å²) in [6.45, 7) is 7.28. The largest absolute Gasteiger partial charge is 0.486 e. The fourth-order valence-corrected chi connectivity index (χ4v) is 6.04. The van der Waals surface area contributed by atoms with E-state index >= 15 is 0 Å². The molecule has 0 aromatic heterocycles. The molecule has 6 nitrogen and oxygen atoms in total. The molecule has 156 valence electrons. The van der Waals surface area contributed by atoms with Gasteiger partial charge in [0.05, 0.1) is 5.56 Å². The van der Waals surface area contributed by atoms with Gasteiger partial charge in [0.25, 0.3) is 5.91 Å². The van der Waals surface area contributed by atoms with Gasteiger partial charge >= 0.3 is 0 Å². The van der Waals surface area contributed by atoms with Gasteiger partial charge in [-0.3, -0.25) is 4.79 Å². The quantitative estimate of drug-likeness (QED) is 0.843. The zero-order valence-corrected chi connectivity index (χ0v) is 17.0. The topological polar surface area (TPSA) is 54.0 Å². The standard InChI is InChI=1S/C24H27N3O3/c28-23(19-7-4-8-20-21(19)30-12-11-29-20)25-22-17-13-26-9-10-27(14-17)16-24(22,15-26)18-5-2-1-3-6-18/h1-8,17,22H,9-16H2,(H,25,28). The summed E-state index contributed by atoms with van der Waals surface area (Å²) < 4.78 is 11.5. The molecule has 4 bridgehead atoms.